The summed E-state index contributed by atoms with van der Waals surface area (Å²) in [6.45, 7) is 3.54. The van der Waals surface area contributed by atoms with Crippen LogP contribution in [0.3, 0.4) is 0 Å². The number of carbonyl (C=O) groups excluding carboxylic acids is 2. The molecule has 2 aromatic carbocycles. The average molecular weight is 602 g/mol. The Morgan fingerprint density at radius 3 is 2.54 bits per heavy atom. The first-order valence-electron chi connectivity index (χ1n) is 10.7. The highest BCUT2D eigenvalue weighted by Crippen LogP contribution is 2.28. The lowest BCUT2D eigenvalue weighted by molar-refractivity contribution is 0.0517. The summed E-state index contributed by atoms with van der Waals surface area (Å²) in [4.78, 5) is 35.7. The number of amidine groups is 1. The molecule has 0 aliphatic carbocycles. The van der Waals surface area contributed by atoms with Gasteiger partial charge in [-0.25, -0.2) is 14.5 Å². The van der Waals surface area contributed by atoms with Gasteiger partial charge < -0.3 is 15.9 Å². The van der Waals surface area contributed by atoms with E-state index in [-0.39, 0.29) is 33.6 Å². The smallest absolute Gasteiger partial charge is 0.367 e. The third-order valence-corrected chi connectivity index (χ3v) is 6.16. The fourth-order valence-corrected chi connectivity index (χ4v) is 4.36. The number of halogens is 3. The SMILES string of the molecule is Cc1ccccc1/C(N)=N/OC(=O)c1cc(Cl)cc(C)c1NC(=O)c1cc(Br)nn1-c1ncccc1Cl. The molecule has 0 fully saturated rings. The van der Waals surface area contributed by atoms with Crippen LogP contribution in [-0.4, -0.2) is 32.5 Å². The summed E-state index contributed by atoms with van der Waals surface area (Å²) in [6.07, 6.45) is 1.53. The molecule has 0 unspecified atom stereocenters. The van der Waals surface area contributed by atoms with Crippen LogP contribution in [0.5, 0.6) is 0 Å². The molecule has 2 aromatic heterocycles. The van der Waals surface area contributed by atoms with Crippen molar-refractivity contribution >= 4 is 62.5 Å². The van der Waals surface area contributed by atoms with Crippen molar-refractivity contribution in [3.63, 3.8) is 0 Å². The molecular formula is C25H19BrCl2N6O3. The van der Waals surface area contributed by atoms with Crippen molar-refractivity contribution in [3.8, 4) is 5.82 Å². The number of aryl methyl sites for hydroxylation is 2. The second-order valence-electron chi connectivity index (χ2n) is 7.84. The Kier molecular flexibility index (Phi) is 7.91. The molecule has 37 heavy (non-hydrogen) atoms. The minimum atomic E-state index is -0.861. The lowest BCUT2D eigenvalue weighted by atomic mass is 10.1. The van der Waals surface area contributed by atoms with Gasteiger partial charge in [0.15, 0.2) is 11.7 Å². The van der Waals surface area contributed by atoms with Crippen molar-refractivity contribution in [1.29, 1.82) is 0 Å². The fourth-order valence-electron chi connectivity index (χ4n) is 3.51. The van der Waals surface area contributed by atoms with Gasteiger partial charge in [0.1, 0.15) is 10.3 Å². The molecule has 0 atom stereocenters. The lowest BCUT2D eigenvalue weighted by Gasteiger charge is -2.14. The van der Waals surface area contributed by atoms with Crippen LogP contribution in [0.4, 0.5) is 5.69 Å². The first-order valence-corrected chi connectivity index (χ1v) is 12.3. The van der Waals surface area contributed by atoms with Crippen molar-refractivity contribution in [2.24, 2.45) is 10.9 Å². The Balaban J connectivity index is 1.65. The lowest BCUT2D eigenvalue weighted by Crippen LogP contribution is -2.21. The molecule has 12 heteroatoms. The third-order valence-electron chi connectivity index (χ3n) is 5.26. The summed E-state index contributed by atoms with van der Waals surface area (Å²) < 4.78 is 1.67. The van der Waals surface area contributed by atoms with Crippen molar-refractivity contribution in [2.75, 3.05) is 5.32 Å². The van der Waals surface area contributed by atoms with Crippen molar-refractivity contribution in [1.82, 2.24) is 14.8 Å². The number of pyridine rings is 1. The molecule has 3 N–H and O–H groups in total. The van der Waals surface area contributed by atoms with E-state index in [1.54, 1.807) is 37.3 Å². The normalized spacial score (nSPS) is 11.3. The van der Waals surface area contributed by atoms with Crippen LogP contribution in [-0.2, 0) is 4.84 Å². The van der Waals surface area contributed by atoms with Crippen molar-refractivity contribution < 1.29 is 14.4 Å². The van der Waals surface area contributed by atoms with E-state index in [9.17, 15) is 9.59 Å². The van der Waals surface area contributed by atoms with E-state index in [2.05, 4.69) is 36.5 Å². The number of nitrogens with two attached hydrogens (primary N) is 1. The molecule has 4 aromatic rings. The highest BCUT2D eigenvalue weighted by atomic mass is 79.9. The standard InChI is InChI=1S/C25H19BrCl2N6O3/c1-13-6-3-4-7-16(13)22(29)33-37-25(36)17-11-15(27)10-14(2)21(17)31-24(35)19-12-20(26)32-34(19)23-18(28)8-5-9-30-23/h3-12H,1-2H3,(H2,29,33)(H,31,35). The van der Waals surface area contributed by atoms with Gasteiger partial charge in [-0.2, -0.15) is 5.10 Å². The largest absolute Gasteiger partial charge is 0.380 e. The third kappa shape index (κ3) is 5.82. The first-order chi connectivity index (χ1) is 17.7. The summed E-state index contributed by atoms with van der Waals surface area (Å²) in [5.74, 6) is -1.16. The molecule has 0 spiro atoms. The number of nitrogens with one attached hydrogen (secondary N) is 1. The predicted octanol–water partition coefficient (Wildman–Crippen LogP) is 5.68. The van der Waals surface area contributed by atoms with Crippen LogP contribution in [0.1, 0.15) is 37.5 Å². The van der Waals surface area contributed by atoms with E-state index in [0.29, 0.717) is 20.8 Å². The Morgan fingerprint density at radius 1 is 1.05 bits per heavy atom. The Bertz CT molecular complexity index is 1550. The monoisotopic (exact) mass is 600 g/mol. The number of aromatic nitrogens is 3. The molecule has 0 saturated heterocycles. The number of hydrogen-bond acceptors (Lipinski definition) is 6. The zero-order valence-electron chi connectivity index (χ0n) is 19.5. The van der Waals surface area contributed by atoms with Gasteiger partial charge in [0.25, 0.3) is 5.91 Å². The molecule has 0 radical (unpaired) electrons. The van der Waals surface area contributed by atoms with Crippen LogP contribution in [0.25, 0.3) is 5.82 Å². The molecule has 4 rings (SSSR count). The van der Waals surface area contributed by atoms with Gasteiger partial charge in [0, 0.05) is 22.8 Å². The predicted molar refractivity (Wildman–Crippen MR) is 146 cm³/mol. The molecule has 9 nitrogen and oxygen atoms in total. The maximum absolute atomic E-state index is 13.3. The van der Waals surface area contributed by atoms with Crippen molar-refractivity contribution in [3.05, 3.63) is 103 Å². The summed E-state index contributed by atoms with van der Waals surface area (Å²) in [5.41, 5.74) is 8.30. The Hall–Kier alpha value is -3.73. The topological polar surface area (TPSA) is 124 Å². The number of oxime groups is 1. The van der Waals surface area contributed by atoms with Gasteiger partial charge in [-0.05, 0) is 65.2 Å². The van der Waals surface area contributed by atoms with E-state index >= 15 is 0 Å². The molecule has 0 aliphatic rings. The number of amides is 1. The van der Waals surface area contributed by atoms with Crippen LogP contribution < -0.4 is 11.1 Å². The summed E-state index contributed by atoms with van der Waals surface area (Å²) in [6, 6.07) is 15.0. The molecule has 188 valence electrons. The highest BCUT2D eigenvalue weighted by molar-refractivity contribution is 9.10. The van der Waals surface area contributed by atoms with Gasteiger partial charge in [-0.3, -0.25) is 4.79 Å². The van der Waals surface area contributed by atoms with Crippen LogP contribution in [0.15, 0.2) is 70.6 Å². The fraction of sp³-hybridized carbons (Fsp3) is 0.0800. The molecule has 0 saturated carbocycles. The van der Waals surface area contributed by atoms with Gasteiger partial charge in [-0.1, -0.05) is 52.6 Å². The number of carbonyl (C=O) groups is 2. The van der Waals surface area contributed by atoms with Crippen LogP contribution in [0.2, 0.25) is 10.0 Å². The van der Waals surface area contributed by atoms with Crippen LogP contribution in [0, 0.1) is 13.8 Å². The molecule has 2 heterocycles. The van der Waals surface area contributed by atoms with E-state index in [1.807, 2.05) is 19.1 Å². The van der Waals surface area contributed by atoms with Gasteiger partial charge >= 0.3 is 5.97 Å². The number of hydrogen-bond donors (Lipinski definition) is 2. The second kappa shape index (κ2) is 11.1. The van der Waals surface area contributed by atoms with E-state index < -0.39 is 11.9 Å². The highest BCUT2D eigenvalue weighted by Gasteiger charge is 2.23. The Morgan fingerprint density at radius 2 is 1.81 bits per heavy atom. The Labute approximate surface area is 230 Å². The van der Waals surface area contributed by atoms with Gasteiger partial charge in [0.05, 0.1) is 16.3 Å². The van der Waals surface area contributed by atoms with Gasteiger partial charge in [-0.15, -0.1) is 0 Å². The second-order valence-corrected chi connectivity index (χ2v) is 9.50. The van der Waals surface area contributed by atoms with E-state index in [4.69, 9.17) is 33.8 Å². The molecule has 0 aliphatic heterocycles. The zero-order chi connectivity index (χ0) is 26.7. The minimum absolute atomic E-state index is 0.0133. The maximum Gasteiger partial charge on any atom is 0.367 e. The summed E-state index contributed by atoms with van der Waals surface area (Å²) in [5, 5.41) is 11.4. The first kappa shape index (κ1) is 26.3. The average Bonchev–Trinajstić information content (AvgIpc) is 3.25. The van der Waals surface area contributed by atoms with Crippen molar-refractivity contribution in [2.45, 2.75) is 13.8 Å². The summed E-state index contributed by atoms with van der Waals surface area (Å²) >= 11 is 15.7. The number of nitrogens with zero attached hydrogens (tertiary/aromatic N) is 4. The zero-order valence-corrected chi connectivity index (χ0v) is 22.6. The van der Waals surface area contributed by atoms with Gasteiger partial charge in [0.2, 0.25) is 0 Å². The molecule has 0 bridgehead atoms. The molecular weight excluding hydrogens is 583 g/mol. The van der Waals surface area contributed by atoms with E-state index in [1.165, 1.54) is 23.0 Å². The molecule has 1 amide bonds. The van der Waals surface area contributed by atoms with E-state index in [0.717, 1.165) is 5.56 Å². The quantitative estimate of drug-likeness (QED) is 0.127. The maximum atomic E-state index is 13.3. The number of benzene rings is 2. The number of rotatable bonds is 6. The van der Waals surface area contributed by atoms with Crippen LogP contribution >= 0.6 is 39.1 Å². The minimum Gasteiger partial charge on any atom is -0.380 e. The summed E-state index contributed by atoms with van der Waals surface area (Å²) in [7, 11) is 0. The number of anilines is 1.